The summed E-state index contributed by atoms with van der Waals surface area (Å²) in [7, 11) is -4.15. The van der Waals surface area contributed by atoms with Crippen molar-refractivity contribution in [1.82, 2.24) is 9.97 Å². The summed E-state index contributed by atoms with van der Waals surface area (Å²) in [6.45, 7) is 0. The lowest BCUT2D eigenvalue weighted by Gasteiger charge is -2.38. The van der Waals surface area contributed by atoms with E-state index in [1.165, 1.54) is 0 Å². The first-order chi connectivity index (χ1) is 29.5. The van der Waals surface area contributed by atoms with Crippen LogP contribution in [-0.2, 0) is 20.7 Å². The van der Waals surface area contributed by atoms with Gasteiger partial charge >= 0.3 is 0 Å². The van der Waals surface area contributed by atoms with Gasteiger partial charge in [-0.05, 0) is 115 Å². The molecule has 0 saturated heterocycles. The van der Waals surface area contributed by atoms with Crippen molar-refractivity contribution in [2.24, 2.45) is 0 Å². The zero-order valence-corrected chi connectivity index (χ0v) is 33.1. The highest BCUT2D eigenvalue weighted by Gasteiger charge is 2.49. The van der Waals surface area contributed by atoms with Gasteiger partial charge in [0.15, 0.2) is 0 Å². The van der Waals surface area contributed by atoms with Gasteiger partial charge in [-0.1, -0.05) is 140 Å². The molecule has 5 nitrogen and oxygen atoms in total. The molecule has 0 fully saturated rings. The monoisotopic (exact) mass is 789 g/mol. The van der Waals surface area contributed by atoms with Gasteiger partial charge < -0.3 is 4.90 Å². The molecule has 1 aliphatic heterocycles. The maximum Gasteiger partial charge on any atom is 0.210 e. The van der Waals surface area contributed by atoms with E-state index in [1.807, 2.05) is 79.1 Å². The standard InChI is InChI=1S/C54H35N3O2S/c58-60(59)51-32-36(53(38-14-12-30-55-34-38)45-22-8-4-18-41(45)42-19-5-9-23-46(42)53)26-28-49(51)57(40-16-2-1-3-17-40)50-29-27-37(33-52(50)60)54(39-15-13-31-56-35-39)47-24-10-6-20-43(47)44-21-7-11-25-48(44)54/h1-35H. The van der Waals surface area contributed by atoms with Crippen LogP contribution in [0.15, 0.2) is 223 Å². The zero-order valence-electron chi connectivity index (χ0n) is 32.3. The van der Waals surface area contributed by atoms with E-state index in [1.54, 1.807) is 12.4 Å². The van der Waals surface area contributed by atoms with Crippen LogP contribution >= 0.6 is 0 Å². The van der Waals surface area contributed by atoms with Gasteiger partial charge in [0.1, 0.15) is 0 Å². The first-order valence-corrected chi connectivity index (χ1v) is 21.6. The summed E-state index contributed by atoms with van der Waals surface area (Å²) in [6.07, 6.45) is 7.40. The summed E-state index contributed by atoms with van der Waals surface area (Å²) in [6, 6.07) is 64.1. The van der Waals surface area contributed by atoms with Crippen molar-refractivity contribution in [2.75, 3.05) is 4.90 Å². The Hall–Kier alpha value is -7.41. The van der Waals surface area contributed by atoms with Crippen molar-refractivity contribution in [1.29, 1.82) is 0 Å². The molecule has 0 spiro atoms. The second-order valence-electron chi connectivity index (χ2n) is 15.7. The van der Waals surface area contributed by atoms with Crippen LogP contribution in [-0.4, -0.2) is 18.4 Å². The molecule has 9 aromatic rings. The topological polar surface area (TPSA) is 63.2 Å². The fourth-order valence-electron chi connectivity index (χ4n) is 10.6. The Morgan fingerprint density at radius 1 is 0.383 bits per heavy atom. The fraction of sp³-hybridized carbons (Fsp3) is 0.0370. The predicted molar refractivity (Wildman–Crippen MR) is 237 cm³/mol. The van der Waals surface area contributed by atoms with Gasteiger partial charge in [0.05, 0.1) is 32.0 Å². The van der Waals surface area contributed by atoms with Gasteiger partial charge in [-0.25, -0.2) is 8.42 Å². The molecular weight excluding hydrogens is 755 g/mol. The number of pyridine rings is 2. The van der Waals surface area contributed by atoms with Gasteiger partial charge in [-0.2, -0.15) is 0 Å². The smallest absolute Gasteiger partial charge is 0.210 e. The quantitative estimate of drug-likeness (QED) is 0.174. The molecule has 3 heterocycles. The van der Waals surface area contributed by atoms with Crippen molar-refractivity contribution in [3.05, 3.63) is 257 Å². The van der Waals surface area contributed by atoms with Crippen molar-refractivity contribution in [3.8, 4) is 22.3 Å². The number of aromatic nitrogens is 2. The number of hydrogen-bond acceptors (Lipinski definition) is 5. The molecule has 7 aromatic carbocycles. The molecule has 0 atom stereocenters. The molecule has 60 heavy (non-hydrogen) atoms. The maximum absolute atomic E-state index is 15.8. The van der Waals surface area contributed by atoms with E-state index < -0.39 is 20.7 Å². The molecule has 2 aliphatic carbocycles. The Bertz CT molecular complexity index is 3010. The molecule has 2 aromatic heterocycles. The minimum absolute atomic E-state index is 0.251. The molecule has 0 radical (unpaired) electrons. The van der Waals surface area contributed by atoms with Gasteiger partial charge in [0, 0.05) is 30.5 Å². The van der Waals surface area contributed by atoms with E-state index in [-0.39, 0.29) is 9.79 Å². The molecule has 0 saturated carbocycles. The van der Waals surface area contributed by atoms with E-state index >= 15 is 8.42 Å². The third-order valence-electron chi connectivity index (χ3n) is 13.0. The highest BCUT2D eigenvalue weighted by Crippen LogP contribution is 2.60. The summed E-state index contributed by atoms with van der Waals surface area (Å²) >= 11 is 0. The normalized spacial score (nSPS) is 15.5. The van der Waals surface area contributed by atoms with Crippen LogP contribution in [0.5, 0.6) is 0 Å². The number of nitrogens with zero attached hydrogens (tertiary/aromatic N) is 3. The van der Waals surface area contributed by atoms with Gasteiger partial charge in [0.2, 0.25) is 9.84 Å². The maximum atomic E-state index is 15.8. The van der Waals surface area contributed by atoms with Crippen LogP contribution in [0, 0.1) is 0 Å². The average Bonchev–Trinajstić information content (AvgIpc) is 3.79. The Balaban J connectivity index is 1.15. The van der Waals surface area contributed by atoms with Crippen LogP contribution in [0.4, 0.5) is 17.1 Å². The molecule has 3 aliphatic rings. The van der Waals surface area contributed by atoms with E-state index in [4.69, 9.17) is 0 Å². The van der Waals surface area contributed by atoms with Crippen LogP contribution in [0.3, 0.4) is 0 Å². The number of hydrogen-bond donors (Lipinski definition) is 0. The lowest BCUT2D eigenvalue weighted by molar-refractivity contribution is 0.594. The summed E-state index contributed by atoms with van der Waals surface area (Å²) < 4.78 is 31.6. The largest absolute Gasteiger partial charge is 0.308 e. The van der Waals surface area contributed by atoms with Gasteiger partial charge in [-0.3, -0.25) is 9.97 Å². The number of fused-ring (bicyclic) bond motifs is 8. The zero-order chi connectivity index (χ0) is 40.1. The average molecular weight is 790 g/mol. The number of para-hydroxylation sites is 1. The molecular formula is C54H35N3O2S. The van der Waals surface area contributed by atoms with E-state index in [9.17, 15) is 0 Å². The van der Waals surface area contributed by atoms with Crippen molar-refractivity contribution < 1.29 is 8.42 Å². The molecule has 284 valence electrons. The SMILES string of the molecule is O=S1(=O)c2cc(C3(c4cccnc4)c4ccccc4-c4ccccc43)ccc2N(c2ccccc2)c2ccc(C3(c4cccnc4)c4ccccc4-c4ccccc43)cc21. The summed E-state index contributed by atoms with van der Waals surface area (Å²) in [5.41, 5.74) is 12.9. The third kappa shape index (κ3) is 4.48. The van der Waals surface area contributed by atoms with Crippen LogP contribution < -0.4 is 4.90 Å². The Kier molecular flexibility index (Phi) is 7.38. The third-order valence-corrected chi connectivity index (χ3v) is 14.8. The molecule has 0 amide bonds. The molecule has 0 unspecified atom stereocenters. The Morgan fingerprint density at radius 3 is 1.15 bits per heavy atom. The highest BCUT2D eigenvalue weighted by molar-refractivity contribution is 7.92. The van der Waals surface area contributed by atoms with Gasteiger partial charge in [0.25, 0.3) is 0 Å². The number of rotatable bonds is 5. The minimum Gasteiger partial charge on any atom is -0.308 e. The number of sulfone groups is 1. The van der Waals surface area contributed by atoms with Crippen molar-refractivity contribution >= 4 is 26.9 Å². The highest BCUT2D eigenvalue weighted by atomic mass is 32.2. The van der Waals surface area contributed by atoms with Crippen molar-refractivity contribution in [3.63, 3.8) is 0 Å². The predicted octanol–water partition coefficient (Wildman–Crippen LogP) is 11.8. The summed E-state index contributed by atoms with van der Waals surface area (Å²) in [5, 5.41) is 0. The first-order valence-electron chi connectivity index (χ1n) is 20.1. The summed E-state index contributed by atoms with van der Waals surface area (Å²) in [4.78, 5) is 11.8. The Labute approximate surface area is 348 Å². The molecule has 6 heteroatoms. The van der Waals surface area contributed by atoms with Crippen molar-refractivity contribution in [2.45, 2.75) is 20.6 Å². The minimum atomic E-state index is -4.15. The summed E-state index contributed by atoms with van der Waals surface area (Å²) in [5.74, 6) is 0. The lowest BCUT2D eigenvalue weighted by atomic mass is 9.68. The second kappa shape index (κ2) is 12.8. The van der Waals surface area contributed by atoms with Crippen LogP contribution in [0.25, 0.3) is 22.3 Å². The molecule has 12 rings (SSSR count). The Morgan fingerprint density at radius 2 is 0.767 bits per heavy atom. The van der Waals surface area contributed by atoms with E-state index in [0.717, 1.165) is 72.4 Å². The van der Waals surface area contributed by atoms with E-state index in [0.29, 0.717) is 11.4 Å². The number of anilines is 3. The molecule has 0 N–H and O–H groups in total. The fourth-order valence-corrected chi connectivity index (χ4v) is 12.3. The van der Waals surface area contributed by atoms with E-state index in [2.05, 4.69) is 136 Å². The first kappa shape index (κ1) is 34.6. The van der Waals surface area contributed by atoms with Gasteiger partial charge in [-0.15, -0.1) is 0 Å². The van der Waals surface area contributed by atoms with Crippen LogP contribution in [0.1, 0.15) is 44.5 Å². The number of benzene rings is 7. The lowest BCUT2D eigenvalue weighted by Crippen LogP contribution is -2.31. The van der Waals surface area contributed by atoms with Crippen LogP contribution in [0.2, 0.25) is 0 Å². The molecule has 0 bridgehead atoms. The second-order valence-corrected chi connectivity index (χ2v) is 17.6.